The molecule has 1 aromatic carbocycles. The van der Waals surface area contributed by atoms with Crippen LogP contribution in [-0.4, -0.2) is 38.2 Å². The van der Waals surface area contributed by atoms with Crippen molar-refractivity contribution >= 4 is 5.78 Å². The molecule has 0 spiro atoms. The van der Waals surface area contributed by atoms with Gasteiger partial charge >= 0.3 is 0 Å². The number of rotatable bonds is 8. The number of para-hydroxylation sites is 1. The molecular formula is C15H23NO3. The summed E-state index contributed by atoms with van der Waals surface area (Å²) in [5.41, 5.74) is -0.000279. The van der Waals surface area contributed by atoms with Crippen molar-refractivity contribution in [1.29, 1.82) is 0 Å². The van der Waals surface area contributed by atoms with Crippen LogP contribution in [0, 0.1) is 0 Å². The highest BCUT2D eigenvalue weighted by Gasteiger charge is 2.29. The van der Waals surface area contributed by atoms with Crippen molar-refractivity contribution in [2.75, 3.05) is 26.9 Å². The molecule has 0 fully saturated rings. The molecule has 0 aliphatic heterocycles. The Morgan fingerprint density at radius 1 is 1.26 bits per heavy atom. The molecular weight excluding hydrogens is 242 g/mol. The van der Waals surface area contributed by atoms with Gasteiger partial charge in [0.2, 0.25) is 0 Å². The van der Waals surface area contributed by atoms with Gasteiger partial charge < -0.3 is 14.8 Å². The molecule has 1 N–H and O–H groups in total. The van der Waals surface area contributed by atoms with Gasteiger partial charge in [-0.2, -0.15) is 0 Å². The summed E-state index contributed by atoms with van der Waals surface area (Å²) in [6.45, 7) is 7.42. The molecule has 0 unspecified atom stereocenters. The Morgan fingerprint density at radius 3 is 2.58 bits per heavy atom. The van der Waals surface area contributed by atoms with E-state index in [1.54, 1.807) is 13.2 Å². The van der Waals surface area contributed by atoms with Gasteiger partial charge in [0.15, 0.2) is 5.78 Å². The fourth-order valence-electron chi connectivity index (χ4n) is 1.87. The molecule has 0 radical (unpaired) electrons. The number of benzene rings is 1. The average Bonchev–Trinajstić information content (AvgIpc) is 2.39. The zero-order valence-electron chi connectivity index (χ0n) is 12.2. The third kappa shape index (κ3) is 4.33. The monoisotopic (exact) mass is 265 g/mol. The molecule has 4 heteroatoms. The summed E-state index contributed by atoms with van der Waals surface area (Å²) in [5.74, 6) is 0.637. The van der Waals surface area contributed by atoms with E-state index in [0.717, 1.165) is 6.54 Å². The number of hydrogen-bond donors (Lipinski definition) is 1. The van der Waals surface area contributed by atoms with Crippen LogP contribution in [0.25, 0.3) is 0 Å². The molecule has 0 aliphatic carbocycles. The number of ketones is 1. The first-order chi connectivity index (χ1) is 9.03. The second-order valence-corrected chi connectivity index (χ2v) is 4.82. The number of ether oxygens (including phenoxy) is 2. The van der Waals surface area contributed by atoms with Gasteiger partial charge in [0.1, 0.15) is 12.4 Å². The number of likely N-dealkylation sites (N-methyl/N-ethyl adjacent to an activating group) is 1. The lowest BCUT2D eigenvalue weighted by Gasteiger charge is -2.25. The second-order valence-electron chi connectivity index (χ2n) is 4.82. The number of hydrogen-bond acceptors (Lipinski definition) is 4. The van der Waals surface area contributed by atoms with Crippen molar-refractivity contribution in [1.82, 2.24) is 5.32 Å². The third-order valence-corrected chi connectivity index (χ3v) is 2.86. The van der Waals surface area contributed by atoms with Crippen molar-refractivity contribution < 1.29 is 14.3 Å². The number of carbonyl (C=O) groups excluding carboxylic acids is 1. The summed E-state index contributed by atoms with van der Waals surface area (Å²) in [6, 6.07) is 7.31. The lowest BCUT2D eigenvalue weighted by molar-refractivity contribution is 0.0876. The lowest BCUT2D eigenvalue weighted by atomic mass is 9.92. The molecule has 0 amide bonds. The number of methoxy groups -OCH3 is 1. The van der Waals surface area contributed by atoms with Crippen LogP contribution in [0.1, 0.15) is 31.1 Å². The molecule has 0 aliphatic rings. The Balaban J connectivity index is 2.90. The smallest absolute Gasteiger partial charge is 0.185 e. The largest absolute Gasteiger partial charge is 0.490 e. The minimum atomic E-state index is -0.602. The molecule has 0 saturated carbocycles. The normalized spacial score (nSPS) is 11.4. The SMILES string of the molecule is CCNC(C)(C)C(=O)c1ccccc1OCCOC. The van der Waals surface area contributed by atoms with Gasteiger partial charge in [-0.15, -0.1) is 0 Å². The van der Waals surface area contributed by atoms with Crippen molar-refractivity contribution in [3.63, 3.8) is 0 Å². The fraction of sp³-hybridized carbons (Fsp3) is 0.533. The fourth-order valence-corrected chi connectivity index (χ4v) is 1.87. The molecule has 0 saturated heterocycles. The number of carbonyl (C=O) groups is 1. The van der Waals surface area contributed by atoms with Crippen LogP contribution in [0.3, 0.4) is 0 Å². The van der Waals surface area contributed by atoms with E-state index < -0.39 is 5.54 Å². The van der Waals surface area contributed by atoms with Crippen LogP contribution in [0.5, 0.6) is 5.75 Å². The number of Topliss-reactive ketones (excluding diaryl/α,β-unsaturated/α-hetero) is 1. The standard InChI is InChI=1S/C15H23NO3/c1-5-16-15(2,3)14(17)12-8-6-7-9-13(12)19-11-10-18-4/h6-9,16H,5,10-11H2,1-4H3. The molecule has 0 aromatic heterocycles. The summed E-state index contributed by atoms with van der Waals surface area (Å²) < 4.78 is 10.5. The van der Waals surface area contributed by atoms with Crippen LogP contribution in [0.2, 0.25) is 0 Å². The summed E-state index contributed by atoms with van der Waals surface area (Å²) in [6.07, 6.45) is 0. The van der Waals surface area contributed by atoms with Crippen molar-refractivity contribution in [2.24, 2.45) is 0 Å². The first-order valence-corrected chi connectivity index (χ1v) is 6.53. The second kappa shape index (κ2) is 7.26. The van der Waals surface area contributed by atoms with Crippen LogP contribution < -0.4 is 10.1 Å². The van der Waals surface area contributed by atoms with E-state index in [9.17, 15) is 4.79 Å². The zero-order chi connectivity index (χ0) is 14.3. The van der Waals surface area contributed by atoms with Gasteiger partial charge in [0.05, 0.1) is 17.7 Å². The molecule has 106 valence electrons. The lowest BCUT2D eigenvalue weighted by Crippen LogP contribution is -2.46. The van der Waals surface area contributed by atoms with E-state index >= 15 is 0 Å². The maximum absolute atomic E-state index is 12.5. The Hall–Kier alpha value is -1.39. The molecule has 0 atom stereocenters. The molecule has 1 rings (SSSR count). The average molecular weight is 265 g/mol. The molecule has 1 aromatic rings. The first-order valence-electron chi connectivity index (χ1n) is 6.53. The molecule has 0 heterocycles. The van der Waals surface area contributed by atoms with Gasteiger partial charge in [0.25, 0.3) is 0 Å². The minimum absolute atomic E-state index is 0.0300. The Labute approximate surface area is 115 Å². The molecule has 19 heavy (non-hydrogen) atoms. The van der Waals surface area contributed by atoms with Gasteiger partial charge in [-0.1, -0.05) is 19.1 Å². The summed E-state index contributed by atoms with van der Waals surface area (Å²) in [4.78, 5) is 12.5. The van der Waals surface area contributed by atoms with Crippen molar-refractivity contribution in [3.05, 3.63) is 29.8 Å². The highest BCUT2D eigenvalue weighted by molar-refractivity contribution is 6.04. The van der Waals surface area contributed by atoms with Crippen molar-refractivity contribution in [3.8, 4) is 5.75 Å². The van der Waals surface area contributed by atoms with Gasteiger partial charge in [-0.05, 0) is 32.5 Å². The minimum Gasteiger partial charge on any atom is -0.490 e. The van der Waals surface area contributed by atoms with E-state index in [-0.39, 0.29) is 5.78 Å². The Kier molecular flexibility index (Phi) is 5.99. The summed E-state index contributed by atoms with van der Waals surface area (Å²) in [5, 5.41) is 3.18. The van der Waals surface area contributed by atoms with E-state index in [2.05, 4.69) is 5.32 Å². The van der Waals surface area contributed by atoms with E-state index in [1.165, 1.54) is 0 Å². The zero-order valence-corrected chi connectivity index (χ0v) is 12.2. The predicted octanol–water partition coefficient (Wildman–Crippen LogP) is 2.28. The Morgan fingerprint density at radius 2 is 1.95 bits per heavy atom. The van der Waals surface area contributed by atoms with E-state index in [0.29, 0.717) is 24.5 Å². The van der Waals surface area contributed by atoms with Crippen LogP contribution in [0.4, 0.5) is 0 Å². The summed E-state index contributed by atoms with van der Waals surface area (Å²) >= 11 is 0. The van der Waals surface area contributed by atoms with Gasteiger partial charge in [-0.25, -0.2) is 0 Å². The first kappa shape index (κ1) is 15.7. The highest BCUT2D eigenvalue weighted by Crippen LogP contribution is 2.23. The quantitative estimate of drug-likeness (QED) is 0.578. The van der Waals surface area contributed by atoms with Gasteiger partial charge in [-0.3, -0.25) is 4.79 Å². The van der Waals surface area contributed by atoms with Crippen molar-refractivity contribution in [2.45, 2.75) is 26.3 Å². The Bertz CT molecular complexity index is 416. The predicted molar refractivity (Wildman–Crippen MR) is 75.9 cm³/mol. The number of nitrogens with one attached hydrogen (secondary N) is 1. The van der Waals surface area contributed by atoms with E-state index in [4.69, 9.17) is 9.47 Å². The van der Waals surface area contributed by atoms with Crippen LogP contribution in [0.15, 0.2) is 24.3 Å². The summed E-state index contributed by atoms with van der Waals surface area (Å²) in [7, 11) is 1.62. The maximum Gasteiger partial charge on any atom is 0.185 e. The van der Waals surface area contributed by atoms with E-state index in [1.807, 2.05) is 39.0 Å². The molecule has 0 bridgehead atoms. The van der Waals surface area contributed by atoms with Crippen LogP contribution in [-0.2, 0) is 4.74 Å². The maximum atomic E-state index is 12.5. The topological polar surface area (TPSA) is 47.6 Å². The molecule has 4 nitrogen and oxygen atoms in total. The van der Waals surface area contributed by atoms with Gasteiger partial charge in [0, 0.05) is 7.11 Å². The third-order valence-electron chi connectivity index (χ3n) is 2.86. The van der Waals surface area contributed by atoms with Crippen LogP contribution >= 0.6 is 0 Å². The highest BCUT2D eigenvalue weighted by atomic mass is 16.5.